The summed E-state index contributed by atoms with van der Waals surface area (Å²) in [6.45, 7) is 2.37. The number of aliphatic hydroxyl groups is 1. The number of fused-ring (bicyclic) bond motifs is 1. The van der Waals surface area contributed by atoms with Crippen molar-refractivity contribution in [2.75, 3.05) is 13.7 Å². The van der Waals surface area contributed by atoms with E-state index in [1.54, 1.807) is 0 Å². The first-order valence-corrected chi connectivity index (χ1v) is 8.57. The summed E-state index contributed by atoms with van der Waals surface area (Å²) in [6, 6.07) is 5.81. The average molecular weight is 345 g/mol. The Morgan fingerprint density at radius 1 is 1.36 bits per heavy atom. The van der Waals surface area contributed by atoms with Crippen LogP contribution >= 0.6 is 0 Å². The molecule has 134 valence electrons. The van der Waals surface area contributed by atoms with Crippen LogP contribution in [0.2, 0.25) is 0 Å². The molecule has 0 aliphatic heterocycles. The van der Waals surface area contributed by atoms with E-state index < -0.39 is 6.10 Å². The molecule has 1 fully saturated rings. The number of carbonyl (C=O) groups is 2. The first-order valence-electron chi connectivity index (χ1n) is 8.57. The lowest BCUT2D eigenvalue weighted by molar-refractivity contribution is -0.145. The van der Waals surface area contributed by atoms with Gasteiger partial charge in [0.2, 0.25) is 0 Å². The Kier molecular flexibility index (Phi) is 5.08. The molecule has 1 heterocycles. The first kappa shape index (κ1) is 17.5. The summed E-state index contributed by atoms with van der Waals surface area (Å²) in [5.41, 5.74) is 2.30. The van der Waals surface area contributed by atoms with Crippen LogP contribution in [0.1, 0.15) is 35.7 Å². The molecular formula is C19H23NO5. The van der Waals surface area contributed by atoms with Gasteiger partial charge in [0.1, 0.15) is 11.8 Å². The van der Waals surface area contributed by atoms with E-state index in [1.165, 1.54) is 13.4 Å². The standard InChI is InChI=1S/C19H23NO5/c1-3-11-4-5-17-14(6-11)15(10-25-17)18(22)20-9-13-7-12(8-16(13)21)19(23)24-2/h4-6,10,12-13,16,21H,3,7-9H2,1-2H3,(H,20,22)/t12?,13-,16-/m1/s1. The van der Waals surface area contributed by atoms with Crippen LogP contribution in [0.3, 0.4) is 0 Å². The fourth-order valence-electron chi connectivity index (χ4n) is 3.47. The highest BCUT2D eigenvalue weighted by Gasteiger charge is 2.37. The number of carbonyl (C=O) groups excluding carboxylic acids is 2. The van der Waals surface area contributed by atoms with Crippen molar-refractivity contribution in [2.45, 2.75) is 32.3 Å². The SMILES string of the molecule is CCc1ccc2occ(C(=O)NC[C@H]3CC(C(=O)OC)C[C@H]3O)c2c1. The molecule has 0 saturated heterocycles. The molecule has 6 heteroatoms. The van der Waals surface area contributed by atoms with Gasteiger partial charge in [-0.15, -0.1) is 0 Å². The zero-order valence-corrected chi connectivity index (χ0v) is 14.5. The number of esters is 1. The highest BCUT2D eigenvalue weighted by Crippen LogP contribution is 2.32. The van der Waals surface area contributed by atoms with E-state index in [4.69, 9.17) is 9.15 Å². The third kappa shape index (κ3) is 3.54. The molecule has 1 aliphatic carbocycles. The summed E-state index contributed by atoms with van der Waals surface area (Å²) >= 11 is 0. The minimum atomic E-state index is -0.614. The maximum absolute atomic E-state index is 12.5. The summed E-state index contributed by atoms with van der Waals surface area (Å²) in [5.74, 6) is -0.997. The fourth-order valence-corrected chi connectivity index (χ4v) is 3.47. The maximum atomic E-state index is 12.5. The number of benzene rings is 1. The number of hydrogen-bond acceptors (Lipinski definition) is 5. The predicted octanol–water partition coefficient (Wildman–Crippen LogP) is 2.29. The second kappa shape index (κ2) is 7.27. The molecule has 6 nitrogen and oxygen atoms in total. The minimum absolute atomic E-state index is 0.155. The second-order valence-electron chi connectivity index (χ2n) is 6.56. The monoisotopic (exact) mass is 345 g/mol. The summed E-state index contributed by atoms with van der Waals surface area (Å²) in [7, 11) is 1.35. The van der Waals surface area contributed by atoms with Gasteiger partial charge >= 0.3 is 5.97 Å². The van der Waals surface area contributed by atoms with Crippen LogP contribution < -0.4 is 5.32 Å². The van der Waals surface area contributed by atoms with Gasteiger partial charge in [-0.2, -0.15) is 0 Å². The molecule has 1 aromatic heterocycles. The van der Waals surface area contributed by atoms with Crippen LogP contribution in [0.25, 0.3) is 11.0 Å². The zero-order chi connectivity index (χ0) is 18.0. The topological polar surface area (TPSA) is 88.8 Å². The molecule has 0 spiro atoms. The van der Waals surface area contributed by atoms with Crippen molar-refractivity contribution in [3.8, 4) is 0 Å². The lowest BCUT2D eigenvalue weighted by atomic mass is 10.0. The van der Waals surface area contributed by atoms with E-state index in [9.17, 15) is 14.7 Å². The summed E-state index contributed by atoms with van der Waals surface area (Å²) in [4.78, 5) is 24.1. The molecule has 2 aromatic rings. The van der Waals surface area contributed by atoms with Gasteiger partial charge in [-0.05, 0) is 37.0 Å². The van der Waals surface area contributed by atoms with E-state index in [2.05, 4.69) is 12.2 Å². The van der Waals surface area contributed by atoms with E-state index in [1.807, 2.05) is 18.2 Å². The second-order valence-corrected chi connectivity index (χ2v) is 6.56. The van der Waals surface area contributed by atoms with Gasteiger partial charge in [-0.25, -0.2) is 0 Å². The number of furan rings is 1. The van der Waals surface area contributed by atoms with Crippen molar-refractivity contribution in [2.24, 2.45) is 11.8 Å². The quantitative estimate of drug-likeness (QED) is 0.812. The van der Waals surface area contributed by atoms with Crippen molar-refractivity contribution in [3.63, 3.8) is 0 Å². The average Bonchev–Trinajstić information content (AvgIpc) is 3.21. The Bertz CT molecular complexity index is 781. The van der Waals surface area contributed by atoms with Crippen molar-refractivity contribution in [1.29, 1.82) is 0 Å². The molecular weight excluding hydrogens is 322 g/mol. The summed E-state index contributed by atoms with van der Waals surface area (Å²) in [6.07, 6.45) is 2.62. The number of nitrogens with one attached hydrogen (secondary N) is 1. The number of rotatable bonds is 5. The van der Waals surface area contributed by atoms with Crippen molar-refractivity contribution in [1.82, 2.24) is 5.32 Å². The van der Waals surface area contributed by atoms with Gasteiger partial charge in [0, 0.05) is 17.8 Å². The number of amides is 1. The maximum Gasteiger partial charge on any atom is 0.308 e. The highest BCUT2D eigenvalue weighted by atomic mass is 16.5. The Morgan fingerprint density at radius 3 is 2.88 bits per heavy atom. The van der Waals surface area contributed by atoms with Crippen LogP contribution in [-0.2, 0) is 16.0 Å². The van der Waals surface area contributed by atoms with E-state index in [0.717, 1.165) is 17.4 Å². The van der Waals surface area contributed by atoms with Gasteiger partial charge in [0.05, 0.1) is 24.7 Å². The predicted molar refractivity (Wildman–Crippen MR) is 92.2 cm³/mol. The molecule has 2 N–H and O–H groups in total. The molecule has 1 saturated carbocycles. The lowest BCUT2D eigenvalue weighted by Crippen LogP contribution is -2.32. The van der Waals surface area contributed by atoms with Crippen molar-refractivity contribution < 1.29 is 23.8 Å². The normalized spacial score (nSPS) is 22.9. The van der Waals surface area contributed by atoms with Gasteiger partial charge in [0.25, 0.3) is 5.91 Å². The van der Waals surface area contributed by atoms with E-state index in [0.29, 0.717) is 30.5 Å². The van der Waals surface area contributed by atoms with Crippen LogP contribution in [-0.4, -0.2) is 36.7 Å². The van der Waals surface area contributed by atoms with Crippen LogP contribution in [0.4, 0.5) is 0 Å². The van der Waals surface area contributed by atoms with Gasteiger partial charge < -0.3 is 19.6 Å². The van der Waals surface area contributed by atoms with Crippen LogP contribution in [0, 0.1) is 11.8 Å². The molecule has 25 heavy (non-hydrogen) atoms. The Labute approximate surface area is 146 Å². The Morgan fingerprint density at radius 2 is 2.16 bits per heavy atom. The smallest absolute Gasteiger partial charge is 0.308 e. The number of aliphatic hydroxyl groups excluding tert-OH is 1. The molecule has 0 bridgehead atoms. The summed E-state index contributed by atoms with van der Waals surface area (Å²) < 4.78 is 10.2. The molecule has 1 aliphatic rings. The number of aryl methyl sites for hydroxylation is 1. The molecule has 0 radical (unpaired) electrons. The van der Waals surface area contributed by atoms with Gasteiger partial charge in [-0.3, -0.25) is 9.59 Å². The Balaban J connectivity index is 1.66. The van der Waals surface area contributed by atoms with E-state index >= 15 is 0 Å². The molecule has 1 aromatic carbocycles. The van der Waals surface area contributed by atoms with E-state index in [-0.39, 0.29) is 23.7 Å². The molecule has 3 rings (SSSR count). The highest BCUT2D eigenvalue weighted by molar-refractivity contribution is 6.06. The van der Waals surface area contributed by atoms with Crippen molar-refractivity contribution >= 4 is 22.8 Å². The van der Waals surface area contributed by atoms with Gasteiger partial charge in [-0.1, -0.05) is 13.0 Å². The minimum Gasteiger partial charge on any atom is -0.469 e. The zero-order valence-electron chi connectivity index (χ0n) is 14.5. The van der Waals surface area contributed by atoms with Crippen LogP contribution in [0.5, 0.6) is 0 Å². The molecule has 3 atom stereocenters. The fraction of sp³-hybridized carbons (Fsp3) is 0.474. The molecule has 1 unspecified atom stereocenters. The largest absolute Gasteiger partial charge is 0.469 e. The third-order valence-corrected chi connectivity index (χ3v) is 5.01. The van der Waals surface area contributed by atoms with Gasteiger partial charge in [0.15, 0.2) is 0 Å². The summed E-state index contributed by atoms with van der Waals surface area (Å²) in [5, 5.41) is 13.8. The first-order chi connectivity index (χ1) is 12.0. The third-order valence-electron chi connectivity index (χ3n) is 5.01. The van der Waals surface area contributed by atoms with Crippen LogP contribution in [0.15, 0.2) is 28.9 Å². The van der Waals surface area contributed by atoms with Crippen molar-refractivity contribution in [3.05, 3.63) is 35.6 Å². The number of methoxy groups -OCH3 is 1. The Hall–Kier alpha value is -2.34. The number of ether oxygens (including phenoxy) is 1. The lowest BCUT2D eigenvalue weighted by Gasteiger charge is -2.14. The number of hydrogen-bond donors (Lipinski definition) is 2. The molecule has 1 amide bonds.